The molecule has 7 nitrogen and oxygen atoms in total. The number of aliphatic carboxylic acids is 1. The van der Waals surface area contributed by atoms with E-state index in [-0.39, 0.29) is 5.97 Å². The predicted octanol–water partition coefficient (Wildman–Crippen LogP) is 2.95. The van der Waals surface area contributed by atoms with Crippen LogP contribution >= 0.6 is 0 Å². The summed E-state index contributed by atoms with van der Waals surface area (Å²) >= 11 is 0. The molecule has 27 heavy (non-hydrogen) atoms. The molecular weight excluding hydrogens is 352 g/mol. The summed E-state index contributed by atoms with van der Waals surface area (Å²) in [6.45, 7) is 11.5. The van der Waals surface area contributed by atoms with Crippen LogP contribution in [0.25, 0.3) is 6.08 Å². The SMILES string of the molecule is C=C(C)C(=O)OC.C=CC(=O)O.C=Cc1ccccc1.O=C1C=CC(=O)O1. The molecule has 1 heterocycles. The summed E-state index contributed by atoms with van der Waals surface area (Å²) < 4.78 is 8.25. The molecule has 0 aliphatic carbocycles. The molecule has 2 rings (SSSR count). The van der Waals surface area contributed by atoms with Crippen molar-refractivity contribution in [3.05, 3.63) is 79.4 Å². The third kappa shape index (κ3) is 16.9. The van der Waals surface area contributed by atoms with Crippen LogP contribution in [0.15, 0.2) is 73.9 Å². The van der Waals surface area contributed by atoms with E-state index in [0.717, 1.165) is 18.2 Å². The lowest BCUT2D eigenvalue weighted by Gasteiger charge is -1.91. The van der Waals surface area contributed by atoms with Gasteiger partial charge in [-0.3, -0.25) is 0 Å². The Bertz CT molecular complexity index is 684. The number of carboxylic acids is 1. The van der Waals surface area contributed by atoms with Gasteiger partial charge in [-0.1, -0.05) is 56.1 Å². The zero-order valence-corrected chi connectivity index (χ0v) is 15.2. The highest BCUT2D eigenvalue weighted by Gasteiger charge is 2.10. The van der Waals surface area contributed by atoms with Crippen LogP contribution in [-0.4, -0.2) is 36.1 Å². The highest BCUT2D eigenvalue weighted by atomic mass is 16.6. The van der Waals surface area contributed by atoms with Crippen LogP contribution in [0.3, 0.4) is 0 Å². The molecular formula is C20H22O7. The molecule has 1 N–H and O–H groups in total. The van der Waals surface area contributed by atoms with Gasteiger partial charge in [0.25, 0.3) is 0 Å². The molecule has 0 saturated carbocycles. The molecule has 1 aromatic carbocycles. The maximum Gasteiger partial charge on any atom is 0.338 e. The van der Waals surface area contributed by atoms with Crippen LogP contribution in [0.5, 0.6) is 0 Å². The standard InChI is InChI=1S/C8H8.C5H8O2.C4H2O3.C3H4O2/c1-2-8-6-4-3-5-7-8;1-4(2)5(6)7-3;5-3-1-2-4(6)7-3;1-2-3(4)5/h2-7H,1H2;1H2,2-3H3;1-2H;2H,1H2,(H,4,5). The van der Waals surface area contributed by atoms with Gasteiger partial charge in [-0.25, -0.2) is 19.2 Å². The first-order valence-electron chi connectivity index (χ1n) is 7.38. The molecule has 7 heteroatoms. The highest BCUT2D eigenvalue weighted by molar-refractivity contribution is 6.04. The second-order valence-corrected chi connectivity index (χ2v) is 4.50. The van der Waals surface area contributed by atoms with Crippen molar-refractivity contribution in [2.45, 2.75) is 6.92 Å². The maximum absolute atomic E-state index is 10.2. The van der Waals surface area contributed by atoms with E-state index in [4.69, 9.17) is 5.11 Å². The zero-order valence-electron chi connectivity index (χ0n) is 15.2. The average Bonchev–Trinajstić information content (AvgIpc) is 3.05. The van der Waals surface area contributed by atoms with Gasteiger partial charge in [0.05, 0.1) is 7.11 Å². The lowest BCUT2D eigenvalue weighted by Crippen LogP contribution is -1.98. The normalized spacial score (nSPS) is 10.3. The molecule has 1 aliphatic heterocycles. The van der Waals surface area contributed by atoms with E-state index in [0.29, 0.717) is 5.57 Å². The van der Waals surface area contributed by atoms with Crippen molar-refractivity contribution in [2.24, 2.45) is 0 Å². The van der Waals surface area contributed by atoms with Crippen molar-refractivity contribution >= 4 is 30.0 Å². The third-order valence-corrected chi connectivity index (χ3v) is 2.30. The van der Waals surface area contributed by atoms with Crippen LogP contribution < -0.4 is 0 Å². The first-order valence-corrected chi connectivity index (χ1v) is 7.38. The topological polar surface area (TPSA) is 107 Å². The molecule has 1 aromatic rings. The fourth-order valence-electron chi connectivity index (χ4n) is 1.07. The van der Waals surface area contributed by atoms with E-state index in [2.05, 4.69) is 29.2 Å². The summed E-state index contributed by atoms with van der Waals surface area (Å²) in [5.74, 6) is -2.49. The summed E-state index contributed by atoms with van der Waals surface area (Å²) in [5.41, 5.74) is 1.61. The number of cyclic esters (lactones) is 2. The number of carboxylic acid groups (broad SMARTS) is 1. The van der Waals surface area contributed by atoms with Crippen LogP contribution in [0, 0.1) is 0 Å². The van der Waals surface area contributed by atoms with Crippen LogP contribution in [0.4, 0.5) is 0 Å². The van der Waals surface area contributed by atoms with E-state index in [1.807, 2.05) is 36.4 Å². The van der Waals surface area contributed by atoms with Crippen LogP contribution in [-0.2, 0) is 28.7 Å². The van der Waals surface area contributed by atoms with E-state index < -0.39 is 17.9 Å². The van der Waals surface area contributed by atoms with Gasteiger partial charge >= 0.3 is 23.9 Å². The summed E-state index contributed by atoms with van der Waals surface area (Å²) in [6.07, 6.45) is 4.84. The van der Waals surface area contributed by atoms with Crippen molar-refractivity contribution in [3.8, 4) is 0 Å². The molecule has 0 atom stereocenters. The summed E-state index contributed by atoms with van der Waals surface area (Å²) in [4.78, 5) is 39.3. The number of carbonyl (C=O) groups excluding carboxylic acids is 3. The fraction of sp³-hybridized carbons (Fsp3) is 0.100. The number of rotatable bonds is 3. The van der Waals surface area contributed by atoms with Gasteiger partial charge in [0, 0.05) is 23.8 Å². The van der Waals surface area contributed by atoms with Gasteiger partial charge in [0.1, 0.15) is 0 Å². The Kier molecular flexibility index (Phi) is 14.9. The largest absolute Gasteiger partial charge is 0.478 e. The van der Waals surface area contributed by atoms with Gasteiger partial charge in [-0.05, 0) is 12.5 Å². The van der Waals surface area contributed by atoms with Gasteiger partial charge in [-0.2, -0.15) is 0 Å². The smallest absolute Gasteiger partial charge is 0.338 e. The van der Waals surface area contributed by atoms with Crippen LogP contribution in [0.2, 0.25) is 0 Å². The molecule has 0 bridgehead atoms. The van der Waals surface area contributed by atoms with Crippen molar-refractivity contribution in [2.75, 3.05) is 7.11 Å². The lowest BCUT2D eigenvalue weighted by atomic mass is 10.2. The van der Waals surface area contributed by atoms with Crippen molar-refractivity contribution in [1.29, 1.82) is 0 Å². The Morgan fingerprint density at radius 3 is 1.67 bits per heavy atom. The van der Waals surface area contributed by atoms with Gasteiger partial charge < -0.3 is 14.6 Å². The summed E-state index contributed by atoms with van der Waals surface area (Å²) in [7, 11) is 1.33. The Labute approximate surface area is 157 Å². The molecule has 144 valence electrons. The van der Waals surface area contributed by atoms with E-state index in [9.17, 15) is 19.2 Å². The van der Waals surface area contributed by atoms with E-state index >= 15 is 0 Å². The van der Waals surface area contributed by atoms with Crippen molar-refractivity contribution in [1.82, 2.24) is 0 Å². The molecule has 0 unspecified atom stereocenters. The number of ether oxygens (including phenoxy) is 2. The molecule has 1 aliphatic rings. The Morgan fingerprint density at radius 2 is 1.52 bits per heavy atom. The first kappa shape index (κ1) is 25.5. The summed E-state index contributed by atoms with van der Waals surface area (Å²) in [5, 5.41) is 7.60. The monoisotopic (exact) mass is 374 g/mol. The number of hydrogen-bond donors (Lipinski definition) is 1. The number of carbonyl (C=O) groups is 4. The van der Waals surface area contributed by atoms with E-state index in [1.165, 1.54) is 12.7 Å². The van der Waals surface area contributed by atoms with Gasteiger partial charge in [-0.15, -0.1) is 0 Å². The molecule has 0 fully saturated rings. The number of hydrogen-bond acceptors (Lipinski definition) is 6. The minimum absolute atomic E-state index is 0.347. The number of benzene rings is 1. The first-order chi connectivity index (χ1) is 12.7. The second kappa shape index (κ2) is 15.8. The Morgan fingerprint density at radius 1 is 1.07 bits per heavy atom. The van der Waals surface area contributed by atoms with Crippen LogP contribution in [0.1, 0.15) is 12.5 Å². The molecule has 0 aromatic heterocycles. The average molecular weight is 374 g/mol. The van der Waals surface area contributed by atoms with Crippen molar-refractivity contribution in [3.63, 3.8) is 0 Å². The number of methoxy groups -OCH3 is 1. The number of esters is 3. The minimum atomic E-state index is -0.981. The molecule has 0 spiro atoms. The Hall–Kier alpha value is -3.74. The highest BCUT2D eigenvalue weighted by Crippen LogP contribution is 1.97. The van der Waals surface area contributed by atoms with Crippen molar-refractivity contribution < 1.29 is 33.8 Å². The minimum Gasteiger partial charge on any atom is -0.478 e. The molecule has 0 saturated heterocycles. The van der Waals surface area contributed by atoms with Gasteiger partial charge in [0.15, 0.2) is 0 Å². The lowest BCUT2D eigenvalue weighted by molar-refractivity contribution is -0.150. The van der Waals surface area contributed by atoms with E-state index in [1.54, 1.807) is 6.92 Å². The predicted molar refractivity (Wildman–Crippen MR) is 101 cm³/mol. The third-order valence-electron chi connectivity index (χ3n) is 2.30. The second-order valence-electron chi connectivity index (χ2n) is 4.50. The molecule has 0 radical (unpaired) electrons. The fourth-order valence-corrected chi connectivity index (χ4v) is 1.07. The summed E-state index contributed by atoms with van der Waals surface area (Å²) in [6, 6.07) is 10.0. The zero-order chi connectivity index (χ0) is 21.2. The maximum atomic E-state index is 10.2. The Balaban J connectivity index is 0. The molecule has 0 amide bonds. The quantitative estimate of drug-likeness (QED) is 0.492. The van der Waals surface area contributed by atoms with Gasteiger partial charge in [0.2, 0.25) is 0 Å².